The molecule has 0 radical (unpaired) electrons. The van der Waals surface area contributed by atoms with Crippen LogP contribution in [0.4, 0.5) is 0 Å². The third-order valence-corrected chi connectivity index (χ3v) is 4.48. The van der Waals surface area contributed by atoms with Gasteiger partial charge in [0.15, 0.2) is 0 Å². The fourth-order valence-corrected chi connectivity index (χ4v) is 3.00. The molecule has 0 saturated carbocycles. The second-order valence-electron chi connectivity index (χ2n) is 6.61. The number of rotatable bonds is 15. The number of unbranched alkanes of at least 4 members (excludes halogenated alkanes) is 8. The van der Waals surface area contributed by atoms with Gasteiger partial charge in [0, 0.05) is 6.42 Å². The van der Waals surface area contributed by atoms with E-state index in [1.165, 1.54) is 32.1 Å². The molecule has 1 saturated heterocycles. The van der Waals surface area contributed by atoms with Crippen LogP contribution < -0.4 is 0 Å². The number of carboxylic acid groups (broad SMARTS) is 1. The third-order valence-electron chi connectivity index (χ3n) is 4.48. The van der Waals surface area contributed by atoms with Crippen LogP contribution in [0.25, 0.3) is 0 Å². The summed E-state index contributed by atoms with van der Waals surface area (Å²) >= 11 is 0. The lowest BCUT2D eigenvalue weighted by Crippen LogP contribution is -2.16. The van der Waals surface area contributed by atoms with Crippen LogP contribution in [-0.4, -0.2) is 34.5 Å². The molecule has 0 aromatic rings. The zero-order valence-corrected chi connectivity index (χ0v) is 14.1. The van der Waals surface area contributed by atoms with Crippen LogP contribution in [-0.2, 0) is 9.53 Å². The minimum Gasteiger partial charge on any atom is -0.481 e. The molecule has 0 aromatic heterocycles. The monoisotopic (exact) mass is 314 g/mol. The van der Waals surface area contributed by atoms with Gasteiger partial charge in [-0.2, -0.15) is 0 Å². The third kappa shape index (κ3) is 9.42. The van der Waals surface area contributed by atoms with Crippen molar-refractivity contribution in [3.63, 3.8) is 0 Å². The van der Waals surface area contributed by atoms with Gasteiger partial charge in [0.05, 0.1) is 12.2 Å². The minimum absolute atomic E-state index is 0.0817. The van der Waals surface area contributed by atoms with Gasteiger partial charge in [0.2, 0.25) is 0 Å². The van der Waals surface area contributed by atoms with Crippen LogP contribution in [0.5, 0.6) is 0 Å². The maximum Gasteiger partial charge on any atom is 0.303 e. The molecule has 4 nitrogen and oxygen atoms in total. The van der Waals surface area contributed by atoms with E-state index in [4.69, 9.17) is 9.84 Å². The van der Waals surface area contributed by atoms with Gasteiger partial charge >= 0.3 is 5.97 Å². The van der Waals surface area contributed by atoms with Crippen LogP contribution in [0.1, 0.15) is 90.4 Å². The van der Waals surface area contributed by atoms with E-state index in [0.29, 0.717) is 6.10 Å². The molecule has 1 aliphatic heterocycles. The number of carbonyl (C=O) groups is 1. The van der Waals surface area contributed by atoms with E-state index in [1.807, 2.05) is 0 Å². The van der Waals surface area contributed by atoms with Crippen LogP contribution in [0.2, 0.25) is 0 Å². The summed E-state index contributed by atoms with van der Waals surface area (Å²) in [6, 6.07) is 0. The first kappa shape index (κ1) is 19.4. The Morgan fingerprint density at radius 2 is 1.64 bits per heavy atom. The average Bonchev–Trinajstić information content (AvgIpc) is 3.25. The zero-order chi connectivity index (χ0) is 16.2. The molecule has 0 aliphatic carbocycles. The van der Waals surface area contributed by atoms with Crippen LogP contribution in [0.3, 0.4) is 0 Å². The summed E-state index contributed by atoms with van der Waals surface area (Å²) in [7, 11) is 0. The predicted molar refractivity (Wildman–Crippen MR) is 88.0 cm³/mol. The fourth-order valence-electron chi connectivity index (χ4n) is 3.00. The molecule has 22 heavy (non-hydrogen) atoms. The number of epoxide rings is 1. The lowest BCUT2D eigenvalue weighted by Gasteiger charge is -2.07. The van der Waals surface area contributed by atoms with Gasteiger partial charge in [-0.25, -0.2) is 0 Å². The topological polar surface area (TPSA) is 70.1 Å². The number of aliphatic hydroxyl groups is 1. The molecule has 3 unspecified atom stereocenters. The molecule has 0 spiro atoms. The summed E-state index contributed by atoms with van der Waals surface area (Å²) in [5, 5.41) is 18.6. The summed E-state index contributed by atoms with van der Waals surface area (Å²) in [6.07, 6.45) is 13.6. The van der Waals surface area contributed by atoms with Crippen molar-refractivity contribution >= 4 is 5.97 Å². The van der Waals surface area contributed by atoms with Gasteiger partial charge in [0.1, 0.15) is 6.10 Å². The van der Waals surface area contributed by atoms with E-state index in [2.05, 4.69) is 6.92 Å². The van der Waals surface area contributed by atoms with Gasteiger partial charge < -0.3 is 14.9 Å². The molecule has 1 aliphatic rings. The van der Waals surface area contributed by atoms with Crippen molar-refractivity contribution in [3.05, 3.63) is 0 Å². The van der Waals surface area contributed by atoms with Gasteiger partial charge in [-0.15, -0.1) is 0 Å². The SMILES string of the molecule is CCCCCCCC1OC1C(O)CCCCCCCC(=O)O. The Labute approximate surface area is 135 Å². The molecule has 1 fully saturated rings. The van der Waals surface area contributed by atoms with E-state index in [-0.39, 0.29) is 18.6 Å². The Kier molecular flexibility index (Phi) is 10.5. The first-order valence-electron chi connectivity index (χ1n) is 9.20. The number of ether oxygens (including phenoxy) is 1. The van der Waals surface area contributed by atoms with Crippen LogP contribution in [0.15, 0.2) is 0 Å². The molecule has 4 heteroatoms. The van der Waals surface area contributed by atoms with Crippen molar-refractivity contribution in [3.8, 4) is 0 Å². The minimum atomic E-state index is -0.706. The Bertz CT molecular complexity index is 293. The lowest BCUT2D eigenvalue weighted by atomic mass is 10.0. The number of hydrogen-bond acceptors (Lipinski definition) is 3. The Balaban J connectivity index is 1.88. The fraction of sp³-hybridized carbons (Fsp3) is 0.944. The Morgan fingerprint density at radius 1 is 1.00 bits per heavy atom. The molecule has 1 heterocycles. The molecule has 2 N–H and O–H groups in total. The molecule has 0 amide bonds. The first-order chi connectivity index (χ1) is 10.6. The molecule has 0 aromatic carbocycles. The second-order valence-corrected chi connectivity index (χ2v) is 6.61. The van der Waals surface area contributed by atoms with Crippen molar-refractivity contribution in [2.75, 3.05) is 0 Å². The lowest BCUT2D eigenvalue weighted by molar-refractivity contribution is -0.137. The van der Waals surface area contributed by atoms with E-state index < -0.39 is 5.97 Å². The molecule has 3 atom stereocenters. The van der Waals surface area contributed by atoms with Gasteiger partial charge in [0.25, 0.3) is 0 Å². The first-order valence-corrected chi connectivity index (χ1v) is 9.20. The standard InChI is InChI=1S/C18H34O4/c1-2-3-4-6-10-13-16-18(22-16)15(19)12-9-7-5-8-11-14-17(20)21/h15-16,18-19H,2-14H2,1H3,(H,20,21). The van der Waals surface area contributed by atoms with Crippen molar-refractivity contribution in [1.29, 1.82) is 0 Å². The Hall–Kier alpha value is -0.610. The maximum absolute atomic E-state index is 10.4. The van der Waals surface area contributed by atoms with Gasteiger partial charge in [-0.3, -0.25) is 4.79 Å². The zero-order valence-electron chi connectivity index (χ0n) is 14.1. The van der Waals surface area contributed by atoms with E-state index in [9.17, 15) is 9.90 Å². The van der Waals surface area contributed by atoms with Gasteiger partial charge in [-0.05, 0) is 19.3 Å². The van der Waals surface area contributed by atoms with Crippen molar-refractivity contribution in [2.45, 2.75) is 109 Å². The van der Waals surface area contributed by atoms with Crippen molar-refractivity contribution in [2.24, 2.45) is 0 Å². The summed E-state index contributed by atoms with van der Waals surface area (Å²) in [5.74, 6) is -0.706. The quantitative estimate of drug-likeness (QED) is 0.349. The summed E-state index contributed by atoms with van der Waals surface area (Å²) < 4.78 is 5.59. The number of aliphatic hydroxyl groups excluding tert-OH is 1. The molecule has 1 rings (SSSR count). The maximum atomic E-state index is 10.4. The van der Waals surface area contributed by atoms with E-state index in [0.717, 1.165) is 44.9 Å². The summed E-state index contributed by atoms with van der Waals surface area (Å²) in [4.78, 5) is 10.4. The van der Waals surface area contributed by atoms with Crippen LogP contribution in [0, 0.1) is 0 Å². The number of aliphatic carboxylic acids is 1. The predicted octanol–water partition coefficient (Wildman–Crippen LogP) is 4.29. The summed E-state index contributed by atoms with van der Waals surface area (Å²) in [5.41, 5.74) is 0. The van der Waals surface area contributed by atoms with Crippen molar-refractivity contribution < 1.29 is 19.7 Å². The number of hydrogen-bond donors (Lipinski definition) is 2. The average molecular weight is 314 g/mol. The van der Waals surface area contributed by atoms with E-state index >= 15 is 0 Å². The van der Waals surface area contributed by atoms with Crippen LogP contribution >= 0.6 is 0 Å². The normalized spacial score (nSPS) is 21.7. The molecule has 130 valence electrons. The van der Waals surface area contributed by atoms with Crippen molar-refractivity contribution in [1.82, 2.24) is 0 Å². The smallest absolute Gasteiger partial charge is 0.303 e. The molecular weight excluding hydrogens is 280 g/mol. The second kappa shape index (κ2) is 11.9. The summed E-state index contributed by atoms with van der Waals surface area (Å²) in [6.45, 7) is 2.22. The van der Waals surface area contributed by atoms with Gasteiger partial charge in [-0.1, -0.05) is 64.7 Å². The van der Waals surface area contributed by atoms with E-state index in [1.54, 1.807) is 0 Å². The highest BCUT2D eigenvalue weighted by molar-refractivity contribution is 5.66. The number of carboxylic acids is 1. The molecular formula is C18H34O4. The highest BCUT2D eigenvalue weighted by Gasteiger charge is 2.42. The largest absolute Gasteiger partial charge is 0.481 e. The molecule has 0 bridgehead atoms. The Morgan fingerprint density at radius 3 is 2.36 bits per heavy atom. The highest BCUT2D eigenvalue weighted by Crippen LogP contribution is 2.32. The highest BCUT2D eigenvalue weighted by atomic mass is 16.6.